The molecule has 0 saturated heterocycles. The Morgan fingerprint density at radius 3 is 1.09 bits per heavy atom. The van der Waals surface area contributed by atoms with E-state index in [0.29, 0.717) is 11.5 Å². The Morgan fingerprint density at radius 2 is 0.778 bits per heavy atom. The molecule has 0 aliphatic rings. The number of hydrogen-bond acceptors (Lipinski definition) is 8. The van der Waals surface area contributed by atoms with Gasteiger partial charge in [0.05, 0.1) is 21.0 Å². The lowest BCUT2D eigenvalue weighted by Crippen LogP contribution is -2.08. The molecule has 0 atom stereocenters. The zero-order valence-electron chi connectivity index (χ0n) is 24.8. The van der Waals surface area contributed by atoms with Crippen LogP contribution in [0.4, 0.5) is 11.4 Å². The third-order valence-electron chi connectivity index (χ3n) is 7.33. The molecule has 0 spiro atoms. The van der Waals surface area contributed by atoms with Crippen LogP contribution in [0.15, 0.2) is 97.1 Å². The van der Waals surface area contributed by atoms with Crippen LogP contribution >= 0.6 is 0 Å². The van der Waals surface area contributed by atoms with Crippen molar-refractivity contribution in [1.29, 1.82) is 0 Å². The average Bonchev–Trinajstić information content (AvgIpc) is 3.05. The Balaban J connectivity index is 1.04. The van der Waals surface area contributed by atoms with Crippen LogP contribution in [0.25, 0.3) is 0 Å². The molecule has 0 bridgehead atoms. The highest BCUT2D eigenvalue weighted by atomic mass is 16.6. The molecule has 45 heavy (non-hydrogen) atoms. The first-order chi connectivity index (χ1) is 21.8. The molecule has 4 aromatic rings. The lowest BCUT2D eigenvalue weighted by atomic mass is 10.0. The van der Waals surface area contributed by atoms with Gasteiger partial charge in [-0.15, -0.1) is 0 Å². The zero-order valence-corrected chi connectivity index (χ0v) is 24.8. The fraction of sp³-hybridized carbons (Fsp3) is 0.257. The van der Waals surface area contributed by atoms with Crippen molar-refractivity contribution in [2.45, 2.75) is 57.8 Å². The molecule has 0 aliphatic carbocycles. The van der Waals surface area contributed by atoms with Crippen molar-refractivity contribution in [2.75, 3.05) is 0 Å². The highest BCUT2D eigenvalue weighted by Crippen LogP contribution is 2.20. The van der Waals surface area contributed by atoms with E-state index in [1.54, 1.807) is 24.3 Å². The van der Waals surface area contributed by atoms with Crippen molar-refractivity contribution in [3.63, 3.8) is 0 Å². The maximum absolute atomic E-state index is 12.3. The predicted octanol–water partition coefficient (Wildman–Crippen LogP) is 8.46. The van der Waals surface area contributed by atoms with E-state index in [2.05, 4.69) is 0 Å². The van der Waals surface area contributed by atoms with Crippen LogP contribution in [-0.4, -0.2) is 21.8 Å². The van der Waals surface area contributed by atoms with Crippen LogP contribution in [0, 0.1) is 20.2 Å². The normalized spacial score (nSPS) is 10.7. The molecular formula is C35H34N2O8. The third kappa shape index (κ3) is 10.4. The molecule has 0 unspecified atom stereocenters. The lowest BCUT2D eigenvalue weighted by Gasteiger charge is -2.07. The van der Waals surface area contributed by atoms with Gasteiger partial charge in [-0.1, -0.05) is 56.4 Å². The van der Waals surface area contributed by atoms with Gasteiger partial charge in [-0.05, 0) is 85.3 Å². The number of nitro benzene ring substituents is 2. The van der Waals surface area contributed by atoms with Gasteiger partial charge in [0.2, 0.25) is 0 Å². The summed E-state index contributed by atoms with van der Waals surface area (Å²) in [5.41, 5.74) is 2.70. The van der Waals surface area contributed by atoms with Crippen LogP contribution in [0.3, 0.4) is 0 Å². The lowest BCUT2D eigenvalue weighted by molar-refractivity contribution is -0.385. The first-order valence-corrected chi connectivity index (χ1v) is 14.9. The number of esters is 2. The Hall–Kier alpha value is -5.38. The van der Waals surface area contributed by atoms with Crippen molar-refractivity contribution in [2.24, 2.45) is 0 Å². The Kier molecular flexibility index (Phi) is 11.9. The summed E-state index contributed by atoms with van der Waals surface area (Å²) in [7, 11) is 0. The monoisotopic (exact) mass is 610 g/mol. The summed E-state index contributed by atoms with van der Waals surface area (Å²) in [5.74, 6) is -0.254. The molecule has 10 nitrogen and oxygen atoms in total. The maximum atomic E-state index is 12.3. The molecular weight excluding hydrogens is 576 g/mol. The molecule has 0 aromatic heterocycles. The van der Waals surface area contributed by atoms with E-state index in [0.717, 1.165) is 38.5 Å². The summed E-state index contributed by atoms with van der Waals surface area (Å²) < 4.78 is 10.7. The van der Waals surface area contributed by atoms with E-state index in [-0.39, 0.29) is 22.5 Å². The number of hydrogen-bond donors (Lipinski definition) is 0. The first-order valence-electron chi connectivity index (χ1n) is 14.9. The molecule has 0 N–H and O–H groups in total. The molecule has 0 radical (unpaired) electrons. The van der Waals surface area contributed by atoms with Gasteiger partial charge in [0.25, 0.3) is 11.4 Å². The van der Waals surface area contributed by atoms with E-state index >= 15 is 0 Å². The standard InChI is InChI=1S/C35H34N2O8/c38-34(28-14-18-30(19-15-28)36(40)41)44-32-22-10-26(11-23-32)8-6-4-2-1-3-5-7-9-27-12-24-33(25-13-27)45-35(39)29-16-20-31(21-17-29)37(42)43/h10-25H,1-9H2. The number of non-ortho nitro benzene ring substituents is 2. The van der Waals surface area contributed by atoms with E-state index in [9.17, 15) is 29.8 Å². The zero-order chi connectivity index (χ0) is 32.0. The summed E-state index contributed by atoms with van der Waals surface area (Å²) in [4.78, 5) is 45.0. The molecule has 0 heterocycles. The Labute approximate surface area is 260 Å². The minimum atomic E-state index is -0.559. The second kappa shape index (κ2) is 16.5. The highest BCUT2D eigenvalue weighted by molar-refractivity contribution is 5.91. The Bertz CT molecular complexity index is 1460. The molecule has 232 valence electrons. The van der Waals surface area contributed by atoms with Gasteiger partial charge in [0, 0.05) is 24.3 Å². The number of carbonyl (C=O) groups excluding carboxylic acids is 2. The van der Waals surface area contributed by atoms with Gasteiger partial charge < -0.3 is 9.47 Å². The smallest absolute Gasteiger partial charge is 0.343 e. The Morgan fingerprint density at radius 1 is 0.467 bits per heavy atom. The van der Waals surface area contributed by atoms with Crippen molar-refractivity contribution in [3.8, 4) is 11.5 Å². The molecule has 4 rings (SSSR count). The quantitative estimate of drug-likeness (QED) is 0.0405. The maximum Gasteiger partial charge on any atom is 0.343 e. The number of carbonyl (C=O) groups is 2. The van der Waals surface area contributed by atoms with Crippen molar-refractivity contribution in [1.82, 2.24) is 0 Å². The van der Waals surface area contributed by atoms with E-state index in [1.807, 2.05) is 24.3 Å². The molecule has 0 amide bonds. The topological polar surface area (TPSA) is 139 Å². The minimum Gasteiger partial charge on any atom is -0.423 e. The molecule has 0 saturated carbocycles. The molecule has 0 aliphatic heterocycles. The largest absolute Gasteiger partial charge is 0.423 e. The van der Waals surface area contributed by atoms with Crippen LogP contribution < -0.4 is 9.47 Å². The first kappa shape index (κ1) is 32.5. The van der Waals surface area contributed by atoms with Gasteiger partial charge in [0.1, 0.15) is 11.5 Å². The summed E-state index contributed by atoms with van der Waals surface area (Å²) in [6, 6.07) is 25.5. The van der Waals surface area contributed by atoms with Crippen molar-refractivity contribution in [3.05, 3.63) is 140 Å². The van der Waals surface area contributed by atoms with Gasteiger partial charge in [-0.2, -0.15) is 0 Å². The van der Waals surface area contributed by atoms with E-state index in [4.69, 9.17) is 9.47 Å². The van der Waals surface area contributed by atoms with E-state index in [1.165, 1.54) is 78.9 Å². The number of unbranched alkanes of at least 4 members (excludes halogenated alkanes) is 6. The summed E-state index contributed by atoms with van der Waals surface area (Å²) >= 11 is 0. The van der Waals surface area contributed by atoms with Gasteiger partial charge in [-0.25, -0.2) is 9.59 Å². The number of rotatable bonds is 16. The van der Waals surface area contributed by atoms with Crippen molar-refractivity contribution >= 4 is 23.3 Å². The van der Waals surface area contributed by atoms with Crippen LogP contribution in [0.2, 0.25) is 0 Å². The minimum absolute atomic E-state index is 0.0802. The molecule has 0 fully saturated rings. The molecule has 10 heteroatoms. The second-order valence-electron chi connectivity index (χ2n) is 10.6. The SMILES string of the molecule is O=C(Oc1ccc(CCCCCCCCCc2ccc(OC(=O)c3ccc([N+](=O)[O-])cc3)cc2)cc1)c1ccc([N+](=O)[O-])cc1. The van der Waals surface area contributed by atoms with E-state index < -0.39 is 21.8 Å². The number of benzene rings is 4. The van der Waals surface area contributed by atoms with Gasteiger partial charge in [0.15, 0.2) is 0 Å². The average molecular weight is 611 g/mol. The van der Waals surface area contributed by atoms with Gasteiger partial charge in [-0.3, -0.25) is 20.2 Å². The number of nitrogens with zero attached hydrogens (tertiary/aromatic N) is 2. The summed E-state index contributed by atoms with van der Waals surface area (Å²) in [6.45, 7) is 0. The summed E-state index contributed by atoms with van der Waals surface area (Å²) in [5, 5.41) is 21.5. The fourth-order valence-electron chi connectivity index (χ4n) is 4.76. The van der Waals surface area contributed by atoms with Gasteiger partial charge >= 0.3 is 11.9 Å². The number of ether oxygens (including phenoxy) is 2. The van der Waals surface area contributed by atoms with Crippen LogP contribution in [0.5, 0.6) is 11.5 Å². The predicted molar refractivity (Wildman–Crippen MR) is 169 cm³/mol. The summed E-state index contributed by atoms with van der Waals surface area (Å²) in [6.07, 6.45) is 9.93. The number of aryl methyl sites for hydroxylation is 2. The second-order valence-corrected chi connectivity index (χ2v) is 10.6. The van der Waals surface area contributed by atoms with Crippen LogP contribution in [0.1, 0.15) is 76.8 Å². The third-order valence-corrected chi connectivity index (χ3v) is 7.33. The van der Waals surface area contributed by atoms with Crippen LogP contribution in [-0.2, 0) is 12.8 Å². The molecule has 4 aromatic carbocycles. The number of nitro groups is 2. The fourth-order valence-corrected chi connectivity index (χ4v) is 4.76. The van der Waals surface area contributed by atoms with Crippen molar-refractivity contribution < 1.29 is 28.9 Å². The highest BCUT2D eigenvalue weighted by Gasteiger charge is 2.13.